The summed E-state index contributed by atoms with van der Waals surface area (Å²) in [5, 5.41) is 6.08. The lowest BCUT2D eigenvalue weighted by atomic mass is 10.0. The topological polar surface area (TPSA) is 58.2 Å². The van der Waals surface area contributed by atoms with Crippen LogP contribution in [0, 0.1) is 0 Å². The molecule has 5 heteroatoms. The number of hydrogen-bond donors (Lipinski definition) is 2. The fourth-order valence-electron chi connectivity index (χ4n) is 1.81. The Bertz CT molecular complexity index is 240. The van der Waals surface area contributed by atoms with Gasteiger partial charge >= 0.3 is 0 Å². The minimum absolute atomic E-state index is 0.00735. The standard InChI is InChI=1S/C10H20N2O2S/c1-8(7-15(2)14)12-10(13)9-5-3-4-6-11-9/h8-9,11H,3-7H2,1-2H3,(H,12,13). The van der Waals surface area contributed by atoms with E-state index < -0.39 is 10.8 Å². The first kappa shape index (κ1) is 12.6. The summed E-state index contributed by atoms with van der Waals surface area (Å²) in [6.45, 7) is 2.81. The molecule has 0 bridgehead atoms. The van der Waals surface area contributed by atoms with Crippen molar-refractivity contribution in [2.45, 2.75) is 38.3 Å². The van der Waals surface area contributed by atoms with Crippen LogP contribution in [-0.4, -0.2) is 40.8 Å². The van der Waals surface area contributed by atoms with Crippen molar-refractivity contribution in [3.05, 3.63) is 0 Å². The van der Waals surface area contributed by atoms with Crippen LogP contribution in [0.2, 0.25) is 0 Å². The Morgan fingerprint density at radius 1 is 1.60 bits per heavy atom. The van der Waals surface area contributed by atoms with Crippen LogP contribution >= 0.6 is 0 Å². The van der Waals surface area contributed by atoms with E-state index in [1.54, 1.807) is 6.26 Å². The number of rotatable bonds is 4. The van der Waals surface area contributed by atoms with Gasteiger partial charge in [-0.2, -0.15) is 0 Å². The molecule has 1 amide bonds. The molecule has 0 aliphatic carbocycles. The Labute approximate surface area is 93.7 Å². The highest BCUT2D eigenvalue weighted by molar-refractivity contribution is 7.84. The van der Waals surface area contributed by atoms with Crippen molar-refractivity contribution in [3.63, 3.8) is 0 Å². The summed E-state index contributed by atoms with van der Waals surface area (Å²) in [4.78, 5) is 11.7. The maximum absolute atomic E-state index is 11.7. The van der Waals surface area contributed by atoms with Gasteiger partial charge in [0.1, 0.15) is 0 Å². The van der Waals surface area contributed by atoms with Gasteiger partial charge in [-0.05, 0) is 26.3 Å². The zero-order valence-electron chi connectivity index (χ0n) is 9.41. The molecule has 3 atom stereocenters. The summed E-state index contributed by atoms with van der Waals surface area (Å²) in [6, 6.07) is -0.0569. The van der Waals surface area contributed by atoms with E-state index in [2.05, 4.69) is 10.6 Å². The van der Waals surface area contributed by atoms with Crippen molar-refractivity contribution in [3.8, 4) is 0 Å². The second-order valence-electron chi connectivity index (χ2n) is 4.15. The first-order chi connectivity index (χ1) is 7.09. The maximum atomic E-state index is 11.7. The van der Waals surface area contributed by atoms with Crippen LogP contribution in [0.5, 0.6) is 0 Å². The highest BCUT2D eigenvalue weighted by Gasteiger charge is 2.21. The molecule has 0 aromatic heterocycles. The summed E-state index contributed by atoms with van der Waals surface area (Å²) in [7, 11) is -0.852. The Morgan fingerprint density at radius 2 is 2.33 bits per heavy atom. The van der Waals surface area contributed by atoms with Crippen LogP contribution in [0.1, 0.15) is 26.2 Å². The molecule has 15 heavy (non-hydrogen) atoms. The molecule has 0 spiro atoms. The lowest BCUT2D eigenvalue weighted by molar-refractivity contribution is -0.124. The molecule has 1 rings (SSSR count). The van der Waals surface area contributed by atoms with Crippen molar-refractivity contribution >= 4 is 16.7 Å². The van der Waals surface area contributed by atoms with Crippen LogP contribution in [0.15, 0.2) is 0 Å². The number of carbonyl (C=O) groups excluding carboxylic acids is 1. The molecule has 1 saturated heterocycles. The molecule has 0 aromatic carbocycles. The maximum Gasteiger partial charge on any atom is 0.237 e. The van der Waals surface area contributed by atoms with E-state index in [0.29, 0.717) is 5.75 Å². The Hall–Kier alpha value is -0.420. The zero-order chi connectivity index (χ0) is 11.3. The van der Waals surface area contributed by atoms with Gasteiger partial charge in [-0.15, -0.1) is 0 Å². The predicted octanol–water partition coefficient (Wildman–Crippen LogP) is 0.0117. The van der Waals surface area contributed by atoms with Gasteiger partial charge in [0, 0.05) is 28.9 Å². The molecule has 2 N–H and O–H groups in total. The summed E-state index contributed by atoms with van der Waals surface area (Å²) in [5.74, 6) is 0.575. The Kier molecular flexibility index (Phi) is 5.25. The van der Waals surface area contributed by atoms with Crippen molar-refractivity contribution < 1.29 is 9.00 Å². The fraction of sp³-hybridized carbons (Fsp3) is 0.900. The van der Waals surface area contributed by atoms with E-state index in [0.717, 1.165) is 25.8 Å². The molecule has 1 aliphatic rings. The lowest BCUT2D eigenvalue weighted by Crippen LogP contribution is -2.49. The van der Waals surface area contributed by atoms with Crippen molar-refractivity contribution in [1.29, 1.82) is 0 Å². The van der Waals surface area contributed by atoms with Crippen LogP contribution in [0.25, 0.3) is 0 Å². The minimum Gasteiger partial charge on any atom is -0.351 e. The number of nitrogens with one attached hydrogen (secondary N) is 2. The van der Waals surface area contributed by atoms with Gasteiger partial charge in [-0.1, -0.05) is 6.42 Å². The van der Waals surface area contributed by atoms with Gasteiger partial charge in [0.2, 0.25) is 5.91 Å². The van der Waals surface area contributed by atoms with Gasteiger partial charge in [0.05, 0.1) is 6.04 Å². The number of amides is 1. The summed E-state index contributed by atoms with van der Waals surface area (Å²) in [6.07, 6.45) is 4.83. The molecule has 1 aliphatic heterocycles. The summed E-state index contributed by atoms with van der Waals surface area (Å²) < 4.78 is 11.0. The first-order valence-electron chi connectivity index (χ1n) is 5.43. The Balaban J connectivity index is 2.30. The first-order valence-corrected chi connectivity index (χ1v) is 7.16. The number of piperidine rings is 1. The third kappa shape index (κ3) is 4.75. The van der Waals surface area contributed by atoms with Gasteiger partial charge < -0.3 is 10.6 Å². The Morgan fingerprint density at radius 3 is 2.87 bits per heavy atom. The largest absolute Gasteiger partial charge is 0.351 e. The monoisotopic (exact) mass is 232 g/mol. The summed E-state index contributed by atoms with van der Waals surface area (Å²) in [5.41, 5.74) is 0. The molecule has 88 valence electrons. The molecule has 4 nitrogen and oxygen atoms in total. The van der Waals surface area contributed by atoms with E-state index in [-0.39, 0.29) is 18.0 Å². The number of carbonyl (C=O) groups is 1. The van der Waals surface area contributed by atoms with E-state index in [9.17, 15) is 9.00 Å². The van der Waals surface area contributed by atoms with Crippen LogP contribution in [0.4, 0.5) is 0 Å². The average Bonchev–Trinajstić information content (AvgIpc) is 2.17. The molecule has 1 heterocycles. The smallest absolute Gasteiger partial charge is 0.237 e. The molecule has 0 aromatic rings. The van der Waals surface area contributed by atoms with Crippen molar-refractivity contribution in [1.82, 2.24) is 10.6 Å². The fourth-order valence-corrected chi connectivity index (χ4v) is 2.60. The zero-order valence-corrected chi connectivity index (χ0v) is 10.2. The molecule has 1 fully saturated rings. The predicted molar refractivity (Wildman–Crippen MR) is 62.2 cm³/mol. The third-order valence-electron chi connectivity index (χ3n) is 2.50. The molecule has 3 unspecified atom stereocenters. The SMILES string of the molecule is CC(CS(C)=O)NC(=O)C1CCCCN1. The molecule has 0 radical (unpaired) electrons. The minimum atomic E-state index is -0.852. The molecule has 0 saturated carbocycles. The second-order valence-corrected chi connectivity index (χ2v) is 5.63. The third-order valence-corrected chi connectivity index (χ3v) is 3.47. The van der Waals surface area contributed by atoms with Crippen molar-refractivity contribution in [2.24, 2.45) is 0 Å². The summed E-state index contributed by atoms with van der Waals surface area (Å²) >= 11 is 0. The lowest BCUT2D eigenvalue weighted by Gasteiger charge is -2.24. The van der Waals surface area contributed by atoms with Crippen LogP contribution < -0.4 is 10.6 Å². The highest BCUT2D eigenvalue weighted by Crippen LogP contribution is 2.06. The van der Waals surface area contributed by atoms with E-state index in [1.807, 2.05) is 6.92 Å². The molecular weight excluding hydrogens is 212 g/mol. The van der Waals surface area contributed by atoms with E-state index >= 15 is 0 Å². The van der Waals surface area contributed by atoms with Gasteiger partial charge in [0.15, 0.2) is 0 Å². The van der Waals surface area contributed by atoms with Crippen LogP contribution in [0.3, 0.4) is 0 Å². The quantitative estimate of drug-likeness (QED) is 0.718. The van der Waals surface area contributed by atoms with Crippen LogP contribution in [-0.2, 0) is 15.6 Å². The normalized spacial score (nSPS) is 25.6. The molecular formula is C10H20N2O2S. The van der Waals surface area contributed by atoms with Crippen molar-refractivity contribution in [2.75, 3.05) is 18.6 Å². The average molecular weight is 232 g/mol. The van der Waals surface area contributed by atoms with Gasteiger partial charge in [-0.3, -0.25) is 9.00 Å². The van der Waals surface area contributed by atoms with Gasteiger partial charge in [-0.25, -0.2) is 0 Å². The van der Waals surface area contributed by atoms with Gasteiger partial charge in [0.25, 0.3) is 0 Å². The van der Waals surface area contributed by atoms with E-state index in [1.165, 1.54) is 0 Å². The highest BCUT2D eigenvalue weighted by atomic mass is 32.2. The van der Waals surface area contributed by atoms with E-state index in [4.69, 9.17) is 0 Å². The second kappa shape index (κ2) is 6.23. The number of hydrogen-bond acceptors (Lipinski definition) is 3.